The maximum atomic E-state index is 11.8. The summed E-state index contributed by atoms with van der Waals surface area (Å²) in [6.45, 7) is 7.18. The molecule has 0 aliphatic heterocycles. The van der Waals surface area contributed by atoms with E-state index in [-0.39, 0.29) is 6.54 Å². The third-order valence-electron chi connectivity index (χ3n) is 1.90. The van der Waals surface area contributed by atoms with Gasteiger partial charge in [0, 0.05) is 6.54 Å². The Balaban J connectivity index is 4.71. The van der Waals surface area contributed by atoms with Crippen molar-refractivity contribution in [2.75, 3.05) is 12.8 Å². The maximum absolute atomic E-state index is 11.8. The lowest BCUT2D eigenvalue weighted by Crippen LogP contribution is -2.40. The minimum Gasteiger partial charge on any atom is -0.443 e. The fraction of sp³-hybridized carbons (Fsp3) is 0.750. The minimum atomic E-state index is -3.60. The van der Waals surface area contributed by atoms with Crippen LogP contribution in [0.5, 0.6) is 0 Å². The number of allylic oxidation sites excluding steroid dienone is 1. The molecule has 0 aromatic carbocycles. The molecule has 18 heavy (non-hydrogen) atoms. The van der Waals surface area contributed by atoms with Gasteiger partial charge in [0.1, 0.15) is 5.60 Å². The summed E-state index contributed by atoms with van der Waals surface area (Å²) in [6.07, 6.45) is 5.32. The Morgan fingerprint density at radius 3 is 2.22 bits per heavy atom. The number of carbonyl (C=O) groups excluding carboxylic acids is 1. The molecule has 0 aromatic rings. The van der Waals surface area contributed by atoms with E-state index < -0.39 is 21.7 Å². The summed E-state index contributed by atoms with van der Waals surface area (Å²) in [5.41, 5.74) is -0.709. The van der Waals surface area contributed by atoms with Gasteiger partial charge in [-0.1, -0.05) is 19.1 Å². The molecule has 0 aliphatic carbocycles. The molecule has 0 saturated heterocycles. The summed E-state index contributed by atoms with van der Waals surface area (Å²) in [7, 11) is -3.60. The zero-order valence-corrected chi connectivity index (χ0v) is 12.6. The highest BCUT2D eigenvalue weighted by atomic mass is 32.2. The molecule has 6 heteroatoms. The number of nitrogens with zero attached hydrogens (tertiary/aromatic N) is 1. The average molecular weight is 277 g/mol. The fourth-order valence-electron chi connectivity index (χ4n) is 1.18. The Labute approximate surface area is 110 Å². The minimum absolute atomic E-state index is 0.101. The molecule has 0 atom stereocenters. The maximum Gasteiger partial charge on any atom is 0.424 e. The van der Waals surface area contributed by atoms with Crippen LogP contribution in [0.4, 0.5) is 4.79 Å². The molecule has 0 radical (unpaired) electrons. The van der Waals surface area contributed by atoms with Crippen molar-refractivity contribution in [3.63, 3.8) is 0 Å². The van der Waals surface area contributed by atoms with E-state index in [2.05, 4.69) is 0 Å². The van der Waals surface area contributed by atoms with E-state index in [1.165, 1.54) is 0 Å². The van der Waals surface area contributed by atoms with E-state index >= 15 is 0 Å². The van der Waals surface area contributed by atoms with Crippen molar-refractivity contribution in [3.8, 4) is 0 Å². The van der Waals surface area contributed by atoms with Gasteiger partial charge in [-0.15, -0.1) is 0 Å². The van der Waals surface area contributed by atoms with Crippen molar-refractivity contribution in [1.82, 2.24) is 4.31 Å². The smallest absolute Gasteiger partial charge is 0.424 e. The second-order valence-electron chi connectivity index (χ2n) is 4.98. The van der Waals surface area contributed by atoms with Gasteiger partial charge >= 0.3 is 6.09 Å². The van der Waals surface area contributed by atoms with Crippen molar-refractivity contribution < 1.29 is 17.9 Å². The molecule has 0 spiro atoms. The highest BCUT2D eigenvalue weighted by molar-refractivity contribution is 7.88. The molecule has 0 aromatic heterocycles. The van der Waals surface area contributed by atoms with Crippen LogP contribution in [0.25, 0.3) is 0 Å². The zero-order chi connectivity index (χ0) is 14.4. The lowest BCUT2D eigenvalue weighted by Gasteiger charge is -2.25. The Morgan fingerprint density at radius 1 is 1.28 bits per heavy atom. The molecule has 1 amide bonds. The third kappa shape index (κ3) is 7.32. The normalized spacial score (nSPS) is 12.7. The first-order chi connectivity index (χ1) is 8.08. The molecule has 0 bridgehead atoms. The first-order valence-electron chi connectivity index (χ1n) is 5.93. The van der Waals surface area contributed by atoms with E-state index in [4.69, 9.17) is 4.74 Å². The van der Waals surface area contributed by atoms with Gasteiger partial charge in [-0.2, -0.15) is 0 Å². The largest absolute Gasteiger partial charge is 0.443 e. The summed E-state index contributed by atoms with van der Waals surface area (Å²) in [5, 5.41) is 0. The monoisotopic (exact) mass is 277 g/mol. The third-order valence-corrected chi connectivity index (χ3v) is 3.03. The second kappa shape index (κ2) is 6.78. The summed E-state index contributed by atoms with van der Waals surface area (Å²) in [6, 6.07) is 0. The number of amides is 1. The number of ether oxygens (including phenoxy) is 1. The van der Waals surface area contributed by atoms with Crippen LogP contribution in [0.1, 0.15) is 40.5 Å². The van der Waals surface area contributed by atoms with E-state index in [1.54, 1.807) is 20.8 Å². The first kappa shape index (κ1) is 17.0. The summed E-state index contributed by atoms with van der Waals surface area (Å²) in [4.78, 5) is 11.8. The van der Waals surface area contributed by atoms with Gasteiger partial charge in [0.25, 0.3) is 0 Å². The molecular formula is C12H23NO4S. The van der Waals surface area contributed by atoms with E-state index in [1.807, 2.05) is 19.1 Å². The van der Waals surface area contributed by atoms with Crippen LogP contribution in [-0.4, -0.2) is 37.2 Å². The van der Waals surface area contributed by atoms with Crippen LogP contribution < -0.4 is 0 Å². The standard InChI is InChI=1S/C12H23NO4S/c1-6-7-8-9-10-13(18(5,15)16)11(14)17-12(2,3)4/h7-8H,6,9-10H2,1-5H3/b8-7-. The lowest BCUT2D eigenvalue weighted by molar-refractivity contribution is 0.0394. The van der Waals surface area contributed by atoms with Crippen LogP contribution in [0, 0.1) is 0 Å². The van der Waals surface area contributed by atoms with Gasteiger partial charge in [-0.3, -0.25) is 0 Å². The molecule has 0 aliphatic rings. The van der Waals surface area contributed by atoms with Crippen LogP contribution in [0.2, 0.25) is 0 Å². The van der Waals surface area contributed by atoms with Gasteiger partial charge in [-0.25, -0.2) is 17.5 Å². The van der Waals surface area contributed by atoms with Crippen LogP contribution in [0.15, 0.2) is 12.2 Å². The van der Waals surface area contributed by atoms with Gasteiger partial charge in [0.05, 0.1) is 6.26 Å². The number of hydrogen-bond acceptors (Lipinski definition) is 4. The van der Waals surface area contributed by atoms with E-state index in [0.29, 0.717) is 6.42 Å². The highest BCUT2D eigenvalue weighted by Crippen LogP contribution is 2.12. The average Bonchev–Trinajstić information content (AvgIpc) is 2.12. The second-order valence-corrected chi connectivity index (χ2v) is 6.89. The fourth-order valence-corrected chi connectivity index (χ4v) is 1.93. The number of hydrogen-bond donors (Lipinski definition) is 0. The lowest BCUT2D eigenvalue weighted by atomic mass is 10.2. The van der Waals surface area contributed by atoms with Crippen molar-refractivity contribution in [1.29, 1.82) is 0 Å². The highest BCUT2D eigenvalue weighted by Gasteiger charge is 2.27. The number of carbonyl (C=O) groups is 1. The Hall–Kier alpha value is -1.04. The van der Waals surface area contributed by atoms with Crippen molar-refractivity contribution in [3.05, 3.63) is 12.2 Å². The van der Waals surface area contributed by atoms with E-state index in [9.17, 15) is 13.2 Å². The first-order valence-corrected chi connectivity index (χ1v) is 7.78. The SMILES string of the molecule is CC/C=C\CCN(C(=O)OC(C)(C)C)S(C)(=O)=O. The predicted octanol–water partition coefficient (Wildman–Crippen LogP) is 2.54. The summed E-state index contributed by atoms with van der Waals surface area (Å²) in [5.74, 6) is 0. The van der Waals surface area contributed by atoms with Crippen molar-refractivity contribution in [2.24, 2.45) is 0 Å². The summed E-state index contributed by atoms with van der Waals surface area (Å²) >= 11 is 0. The summed E-state index contributed by atoms with van der Waals surface area (Å²) < 4.78 is 28.9. The predicted molar refractivity (Wildman–Crippen MR) is 71.8 cm³/mol. The molecular weight excluding hydrogens is 254 g/mol. The topological polar surface area (TPSA) is 63.7 Å². The Morgan fingerprint density at radius 2 is 1.83 bits per heavy atom. The number of sulfonamides is 1. The molecule has 0 saturated carbocycles. The molecule has 0 unspecified atom stereocenters. The zero-order valence-electron chi connectivity index (χ0n) is 11.8. The quantitative estimate of drug-likeness (QED) is 0.724. The Bertz CT molecular complexity index is 393. The molecule has 0 fully saturated rings. The molecule has 0 rings (SSSR count). The molecule has 106 valence electrons. The van der Waals surface area contributed by atoms with Crippen LogP contribution >= 0.6 is 0 Å². The Kier molecular flexibility index (Phi) is 6.38. The molecule has 5 nitrogen and oxygen atoms in total. The van der Waals surface area contributed by atoms with E-state index in [0.717, 1.165) is 17.0 Å². The van der Waals surface area contributed by atoms with Gasteiger partial charge in [0.2, 0.25) is 10.0 Å². The molecule has 0 heterocycles. The number of rotatable bonds is 5. The van der Waals surface area contributed by atoms with Crippen molar-refractivity contribution >= 4 is 16.1 Å². The molecule has 0 N–H and O–H groups in total. The van der Waals surface area contributed by atoms with Crippen LogP contribution in [0.3, 0.4) is 0 Å². The van der Waals surface area contributed by atoms with Gasteiger partial charge < -0.3 is 4.74 Å². The van der Waals surface area contributed by atoms with Gasteiger partial charge in [-0.05, 0) is 33.6 Å². The van der Waals surface area contributed by atoms with Gasteiger partial charge in [0.15, 0.2) is 0 Å². The van der Waals surface area contributed by atoms with Crippen molar-refractivity contribution in [2.45, 2.75) is 46.1 Å². The van der Waals surface area contributed by atoms with Crippen LogP contribution in [-0.2, 0) is 14.8 Å².